The molecule has 2 aliphatic carbocycles. The highest BCUT2D eigenvalue weighted by Crippen LogP contribution is 2.54. The van der Waals surface area contributed by atoms with E-state index in [0.717, 1.165) is 33.1 Å². The lowest BCUT2D eigenvalue weighted by Crippen LogP contribution is -1.91. The van der Waals surface area contributed by atoms with Gasteiger partial charge in [-0.1, -0.05) is 97.1 Å². The van der Waals surface area contributed by atoms with Crippen LogP contribution >= 0.6 is 0 Å². The second-order valence-corrected chi connectivity index (χ2v) is 15.6. The van der Waals surface area contributed by atoms with Crippen molar-refractivity contribution in [2.24, 2.45) is 0 Å². The minimum Gasteiger partial charge on any atom is -0.464 e. The van der Waals surface area contributed by atoms with Crippen molar-refractivity contribution < 1.29 is 8.83 Å². The Morgan fingerprint density at radius 3 is 1.02 bits per heavy atom. The summed E-state index contributed by atoms with van der Waals surface area (Å²) >= 11 is 0. The van der Waals surface area contributed by atoms with Gasteiger partial charge in [0, 0.05) is 10.8 Å². The van der Waals surface area contributed by atoms with Crippen molar-refractivity contribution in [3.8, 4) is 66.8 Å². The molecule has 0 saturated heterocycles. The fourth-order valence-corrected chi connectivity index (χ4v) is 10.3. The van der Waals surface area contributed by atoms with E-state index >= 15 is 0 Å². The fraction of sp³-hybridized carbons (Fsp3) is 0. The third-order valence-corrected chi connectivity index (χ3v) is 12.8. The van der Waals surface area contributed by atoms with E-state index in [-0.39, 0.29) is 0 Å². The first-order valence-corrected chi connectivity index (χ1v) is 19.3. The van der Waals surface area contributed by atoms with Crippen molar-refractivity contribution in [1.82, 2.24) is 0 Å². The Hall–Kier alpha value is -7.42. The Kier molecular flexibility index (Phi) is 5.28. The zero-order valence-electron chi connectivity index (χ0n) is 30.0. The van der Waals surface area contributed by atoms with Gasteiger partial charge in [0.25, 0.3) is 0 Å². The minimum absolute atomic E-state index is 0.895. The summed E-state index contributed by atoms with van der Waals surface area (Å²) in [6.07, 6.45) is 3.57. The summed E-state index contributed by atoms with van der Waals surface area (Å²) in [7, 11) is 0. The number of fused-ring (bicyclic) bond motifs is 13. The molecule has 0 aliphatic heterocycles. The molecule has 2 nitrogen and oxygen atoms in total. The highest BCUT2D eigenvalue weighted by atomic mass is 16.3. The number of rotatable bonds is 2. The lowest BCUT2D eigenvalue weighted by atomic mass is 9.84. The molecule has 0 N–H and O–H groups in total. The van der Waals surface area contributed by atoms with Crippen molar-refractivity contribution in [1.29, 1.82) is 0 Å². The van der Waals surface area contributed by atoms with Crippen molar-refractivity contribution in [3.05, 3.63) is 170 Å². The van der Waals surface area contributed by atoms with Gasteiger partial charge in [0.1, 0.15) is 11.2 Å². The zero-order chi connectivity index (χ0) is 36.2. The average molecular weight is 709 g/mol. The molecular weight excluding hydrogens is 681 g/mol. The smallest absolute Gasteiger partial charge is 0.134 e. The average Bonchev–Trinajstić information content (AvgIpc) is 4.05. The first-order chi connectivity index (χ1) is 27.7. The van der Waals surface area contributed by atoms with Crippen LogP contribution in [0.15, 0.2) is 179 Å². The second-order valence-electron chi connectivity index (χ2n) is 15.6. The van der Waals surface area contributed by atoms with Crippen LogP contribution in [-0.4, -0.2) is 0 Å². The maximum Gasteiger partial charge on any atom is 0.134 e. The van der Waals surface area contributed by atoms with E-state index in [0.29, 0.717) is 0 Å². The van der Waals surface area contributed by atoms with Gasteiger partial charge in [-0.15, -0.1) is 0 Å². The van der Waals surface area contributed by atoms with Crippen molar-refractivity contribution >= 4 is 75.8 Å². The molecule has 0 amide bonds. The van der Waals surface area contributed by atoms with Crippen LogP contribution in [0.4, 0.5) is 0 Å². The van der Waals surface area contributed by atoms with Gasteiger partial charge in [0.05, 0.1) is 12.5 Å². The number of hydrogen-bond donors (Lipinski definition) is 0. The van der Waals surface area contributed by atoms with Gasteiger partial charge in [-0.05, 0) is 181 Å². The number of hydrogen-bond acceptors (Lipinski definition) is 2. The molecular formula is C54H28O2. The molecule has 10 aromatic carbocycles. The lowest BCUT2D eigenvalue weighted by Gasteiger charge is -2.19. The van der Waals surface area contributed by atoms with Gasteiger partial charge in [-0.3, -0.25) is 0 Å². The molecule has 2 heterocycles. The van der Waals surface area contributed by atoms with Gasteiger partial charge in [0.15, 0.2) is 0 Å². The van der Waals surface area contributed by atoms with E-state index in [4.69, 9.17) is 8.83 Å². The van der Waals surface area contributed by atoms with Crippen molar-refractivity contribution in [3.63, 3.8) is 0 Å². The van der Waals surface area contributed by atoms with Crippen LogP contribution in [0.2, 0.25) is 0 Å². The van der Waals surface area contributed by atoms with E-state index in [1.54, 1.807) is 12.5 Å². The fourth-order valence-electron chi connectivity index (χ4n) is 10.3. The molecule has 0 bridgehead atoms. The molecule has 0 spiro atoms. The van der Waals surface area contributed by atoms with Gasteiger partial charge >= 0.3 is 0 Å². The van der Waals surface area contributed by atoms with Crippen LogP contribution in [0.1, 0.15) is 0 Å². The van der Waals surface area contributed by atoms with Gasteiger partial charge in [-0.2, -0.15) is 0 Å². The van der Waals surface area contributed by atoms with Crippen LogP contribution in [0, 0.1) is 0 Å². The normalized spacial score (nSPS) is 12.6. The molecule has 256 valence electrons. The van der Waals surface area contributed by atoms with Crippen LogP contribution in [0.5, 0.6) is 0 Å². The summed E-state index contributed by atoms with van der Waals surface area (Å²) in [6.45, 7) is 0. The SMILES string of the molecule is c1cc2c3c(cccc3c1)-c1cc3c(cc1-2)c(-c1ccc2ccoc2c1)cc1c2cc4c(cc2c(-c2ccc5ccoc5c2)cc31)-c1cccc2cccc-4c12. The summed E-state index contributed by atoms with van der Waals surface area (Å²) in [4.78, 5) is 0. The monoisotopic (exact) mass is 708 g/mol. The summed E-state index contributed by atoms with van der Waals surface area (Å²) in [6, 6.07) is 59.0. The highest BCUT2D eigenvalue weighted by molar-refractivity contribution is 6.29. The Bertz CT molecular complexity index is 3500. The second kappa shape index (κ2) is 10.2. The van der Waals surface area contributed by atoms with Crippen LogP contribution in [0.25, 0.3) is 143 Å². The van der Waals surface area contributed by atoms with E-state index in [2.05, 4.69) is 146 Å². The molecule has 2 heteroatoms. The third-order valence-electron chi connectivity index (χ3n) is 12.8. The predicted molar refractivity (Wildman–Crippen MR) is 233 cm³/mol. The van der Waals surface area contributed by atoms with Crippen LogP contribution < -0.4 is 0 Å². The molecule has 0 fully saturated rings. The predicted octanol–water partition coefficient (Wildman–Crippen LogP) is 15.6. The van der Waals surface area contributed by atoms with Crippen LogP contribution in [0.3, 0.4) is 0 Å². The lowest BCUT2D eigenvalue weighted by molar-refractivity contribution is 0.615. The van der Waals surface area contributed by atoms with Gasteiger partial charge in [0.2, 0.25) is 0 Å². The zero-order valence-corrected chi connectivity index (χ0v) is 30.0. The van der Waals surface area contributed by atoms with Crippen molar-refractivity contribution in [2.75, 3.05) is 0 Å². The molecule has 2 aliphatic rings. The summed E-state index contributed by atoms with van der Waals surface area (Å²) < 4.78 is 12.0. The topological polar surface area (TPSA) is 26.3 Å². The third kappa shape index (κ3) is 3.66. The number of furan rings is 2. The van der Waals surface area contributed by atoms with Gasteiger partial charge in [-0.25, -0.2) is 0 Å². The standard InChI is InChI=1S/C54H28O2/c1-5-31-7-3-11-37-43-27-49-45(25-41(43)35(9-1)53(31)37)39(33-15-13-29-17-19-55-51(29)21-33)23-48-47(49)24-40(34-16-14-30-18-20-56-52(30)22-34)46-26-42-36-10-2-6-32-8-4-12-38(54(32)36)44(42)28-50(46)48/h1-28H. The Balaban J connectivity index is 1.17. The minimum atomic E-state index is 0.895. The summed E-state index contributed by atoms with van der Waals surface area (Å²) in [5.41, 5.74) is 16.9. The quantitative estimate of drug-likeness (QED) is 0.167. The van der Waals surface area contributed by atoms with Crippen molar-refractivity contribution in [2.45, 2.75) is 0 Å². The molecule has 14 rings (SSSR count). The number of benzene rings is 10. The molecule has 0 atom stereocenters. The Morgan fingerprint density at radius 1 is 0.250 bits per heavy atom. The molecule has 12 aromatic rings. The molecule has 0 unspecified atom stereocenters. The van der Waals surface area contributed by atoms with E-state index in [9.17, 15) is 0 Å². The van der Waals surface area contributed by atoms with E-state index in [1.807, 2.05) is 12.1 Å². The molecule has 0 radical (unpaired) electrons. The van der Waals surface area contributed by atoms with Gasteiger partial charge < -0.3 is 8.83 Å². The van der Waals surface area contributed by atoms with E-state index < -0.39 is 0 Å². The maximum atomic E-state index is 6.00. The Morgan fingerprint density at radius 2 is 0.607 bits per heavy atom. The highest BCUT2D eigenvalue weighted by Gasteiger charge is 2.27. The summed E-state index contributed by atoms with van der Waals surface area (Å²) in [5, 5.41) is 14.9. The first kappa shape index (κ1) is 29.0. The molecule has 2 aromatic heterocycles. The first-order valence-electron chi connectivity index (χ1n) is 19.3. The maximum absolute atomic E-state index is 6.00. The van der Waals surface area contributed by atoms with Crippen LogP contribution in [-0.2, 0) is 0 Å². The summed E-state index contributed by atoms with van der Waals surface area (Å²) in [5.74, 6) is 0. The van der Waals surface area contributed by atoms with E-state index in [1.165, 1.54) is 109 Å². The largest absolute Gasteiger partial charge is 0.464 e. The Labute approximate surface area is 320 Å². The molecule has 56 heavy (non-hydrogen) atoms. The molecule has 0 saturated carbocycles.